The van der Waals surface area contributed by atoms with E-state index in [4.69, 9.17) is 14.2 Å². The van der Waals surface area contributed by atoms with Crippen molar-refractivity contribution >= 4 is 17.6 Å². The van der Waals surface area contributed by atoms with Gasteiger partial charge in [-0.1, -0.05) is 12.1 Å². The first-order chi connectivity index (χ1) is 12.5. The van der Waals surface area contributed by atoms with Gasteiger partial charge in [0.05, 0.1) is 5.92 Å². The Labute approximate surface area is 151 Å². The van der Waals surface area contributed by atoms with Crippen LogP contribution >= 0.6 is 0 Å². The minimum absolute atomic E-state index is 0.0636. The molecule has 2 aromatic rings. The van der Waals surface area contributed by atoms with Gasteiger partial charge in [-0.3, -0.25) is 9.59 Å². The lowest BCUT2D eigenvalue weighted by Crippen LogP contribution is -2.28. The van der Waals surface area contributed by atoms with E-state index in [1.54, 1.807) is 23.1 Å². The molecule has 0 unspecified atom stereocenters. The standard InChI is InChI=1S/C20H19NO5/c1-12-4-3-5-16(13(12)2)21-10-14(8-19(21)22)20(23)26-15-6-7-17-18(9-15)25-11-24-17/h3-7,9,14H,8,10-11H2,1-2H3/t14-/m0/s1. The number of hydrogen-bond donors (Lipinski definition) is 0. The summed E-state index contributed by atoms with van der Waals surface area (Å²) in [6, 6.07) is 10.8. The molecule has 0 aliphatic carbocycles. The van der Waals surface area contributed by atoms with Crippen molar-refractivity contribution in [1.29, 1.82) is 0 Å². The Morgan fingerprint density at radius 2 is 1.96 bits per heavy atom. The molecule has 6 heteroatoms. The topological polar surface area (TPSA) is 65.1 Å². The summed E-state index contributed by atoms with van der Waals surface area (Å²) in [6.07, 6.45) is 0.150. The minimum Gasteiger partial charge on any atom is -0.454 e. The SMILES string of the molecule is Cc1cccc(N2C[C@@H](C(=O)Oc3ccc4c(c3)OCO4)CC2=O)c1C. The number of rotatable bonds is 3. The molecule has 26 heavy (non-hydrogen) atoms. The van der Waals surface area contributed by atoms with Gasteiger partial charge in [-0.05, 0) is 43.2 Å². The number of nitrogens with zero attached hydrogens (tertiary/aromatic N) is 1. The van der Waals surface area contributed by atoms with Gasteiger partial charge in [0.2, 0.25) is 12.7 Å². The lowest BCUT2D eigenvalue weighted by Gasteiger charge is -2.20. The van der Waals surface area contributed by atoms with Crippen LogP contribution in [-0.2, 0) is 9.59 Å². The summed E-state index contributed by atoms with van der Waals surface area (Å²) in [4.78, 5) is 26.6. The van der Waals surface area contributed by atoms with Crippen molar-refractivity contribution in [2.75, 3.05) is 18.2 Å². The van der Waals surface area contributed by atoms with E-state index in [-0.39, 0.29) is 19.1 Å². The molecule has 2 aromatic carbocycles. The van der Waals surface area contributed by atoms with Gasteiger partial charge in [-0.15, -0.1) is 0 Å². The summed E-state index contributed by atoms with van der Waals surface area (Å²) in [6.45, 7) is 4.47. The first kappa shape index (κ1) is 16.4. The molecule has 134 valence electrons. The Balaban J connectivity index is 1.48. The highest BCUT2D eigenvalue weighted by Crippen LogP contribution is 2.36. The number of ether oxygens (including phenoxy) is 3. The van der Waals surface area contributed by atoms with Crippen LogP contribution in [0.25, 0.3) is 0 Å². The fraction of sp³-hybridized carbons (Fsp3) is 0.300. The summed E-state index contributed by atoms with van der Waals surface area (Å²) in [5, 5.41) is 0. The molecular weight excluding hydrogens is 334 g/mol. The Hall–Kier alpha value is -3.02. The molecule has 0 N–H and O–H groups in total. The second kappa shape index (κ2) is 6.37. The number of amides is 1. The Kier molecular flexibility index (Phi) is 4.03. The van der Waals surface area contributed by atoms with Gasteiger partial charge >= 0.3 is 5.97 Å². The van der Waals surface area contributed by atoms with Crippen molar-refractivity contribution in [3.63, 3.8) is 0 Å². The fourth-order valence-corrected chi connectivity index (χ4v) is 3.27. The maximum atomic E-state index is 12.5. The lowest BCUT2D eigenvalue weighted by atomic mass is 10.1. The maximum Gasteiger partial charge on any atom is 0.316 e. The number of anilines is 1. The molecular formula is C20H19NO5. The predicted molar refractivity (Wildman–Crippen MR) is 94.6 cm³/mol. The van der Waals surface area contributed by atoms with Crippen LogP contribution in [0.3, 0.4) is 0 Å². The van der Waals surface area contributed by atoms with Crippen LogP contribution in [0.15, 0.2) is 36.4 Å². The quantitative estimate of drug-likeness (QED) is 0.627. The highest BCUT2D eigenvalue weighted by atomic mass is 16.7. The van der Waals surface area contributed by atoms with Crippen LogP contribution in [0, 0.1) is 19.8 Å². The van der Waals surface area contributed by atoms with E-state index in [1.165, 1.54) is 0 Å². The van der Waals surface area contributed by atoms with E-state index < -0.39 is 11.9 Å². The van der Waals surface area contributed by atoms with Crippen molar-refractivity contribution in [3.8, 4) is 17.2 Å². The second-order valence-electron chi connectivity index (χ2n) is 6.56. The second-order valence-corrected chi connectivity index (χ2v) is 6.56. The summed E-state index contributed by atoms with van der Waals surface area (Å²) in [5.41, 5.74) is 3.01. The largest absolute Gasteiger partial charge is 0.454 e. The monoisotopic (exact) mass is 353 g/mol. The van der Waals surface area contributed by atoms with Crippen molar-refractivity contribution in [3.05, 3.63) is 47.5 Å². The average Bonchev–Trinajstić information content (AvgIpc) is 3.23. The molecule has 0 bridgehead atoms. The Morgan fingerprint density at radius 1 is 1.15 bits per heavy atom. The number of hydrogen-bond acceptors (Lipinski definition) is 5. The summed E-state index contributed by atoms with van der Waals surface area (Å²) in [7, 11) is 0. The third-order valence-electron chi connectivity index (χ3n) is 4.89. The zero-order valence-electron chi connectivity index (χ0n) is 14.7. The molecule has 0 radical (unpaired) electrons. The number of benzene rings is 2. The molecule has 2 aliphatic heterocycles. The molecule has 0 saturated carbocycles. The van der Waals surface area contributed by atoms with Gasteiger partial charge in [0.25, 0.3) is 0 Å². The van der Waals surface area contributed by atoms with Gasteiger partial charge in [0.1, 0.15) is 5.75 Å². The number of carbonyl (C=O) groups is 2. The van der Waals surface area contributed by atoms with Gasteiger partial charge < -0.3 is 19.1 Å². The predicted octanol–water partition coefficient (Wildman–Crippen LogP) is 2.99. The van der Waals surface area contributed by atoms with Crippen molar-refractivity contribution in [1.82, 2.24) is 0 Å². The molecule has 0 spiro atoms. The van der Waals surface area contributed by atoms with Crippen molar-refractivity contribution in [2.24, 2.45) is 5.92 Å². The highest BCUT2D eigenvalue weighted by Gasteiger charge is 2.37. The molecule has 2 heterocycles. The van der Waals surface area contributed by atoms with Crippen LogP contribution in [-0.4, -0.2) is 25.2 Å². The van der Waals surface area contributed by atoms with Crippen LogP contribution in [0.4, 0.5) is 5.69 Å². The van der Waals surface area contributed by atoms with Crippen LogP contribution in [0.5, 0.6) is 17.2 Å². The molecule has 1 atom stereocenters. The summed E-state index contributed by atoms with van der Waals surface area (Å²) >= 11 is 0. The van der Waals surface area contributed by atoms with Crippen molar-refractivity contribution in [2.45, 2.75) is 20.3 Å². The van der Waals surface area contributed by atoms with E-state index in [0.717, 1.165) is 16.8 Å². The Morgan fingerprint density at radius 3 is 2.81 bits per heavy atom. The van der Waals surface area contributed by atoms with Crippen LogP contribution < -0.4 is 19.1 Å². The summed E-state index contributed by atoms with van der Waals surface area (Å²) in [5.74, 6) is 0.595. The zero-order chi connectivity index (χ0) is 18.3. The van der Waals surface area contributed by atoms with Crippen molar-refractivity contribution < 1.29 is 23.8 Å². The van der Waals surface area contributed by atoms with E-state index >= 15 is 0 Å². The van der Waals surface area contributed by atoms with E-state index in [0.29, 0.717) is 23.8 Å². The van der Waals surface area contributed by atoms with Gasteiger partial charge in [-0.2, -0.15) is 0 Å². The van der Waals surface area contributed by atoms with Crippen LogP contribution in [0.1, 0.15) is 17.5 Å². The highest BCUT2D eigenvalue weighted by molar-refractivity contribution is 6.00. The minimum atomic E-state index is -0.493. The fourth-order valence-electron chi connectivity index (χ4n) is 3.27. The lowest BCUT2D eigenvalue weighted by molar-refractivity contribution is -0.139. The number of esters is 1. The molecule has 1 fully saturated rings. The van der Waals surface area contributed by atoms with Gasteiger partial charge in [0.15, 0.2) is 11.5 Å². The normalized spacial score (nSPS) is 18.3. The smallest absolute Gasteiger partial charge is 0.316 e. The van der Waals surface area contributed by atoms with Crippen LogP contribution in [0.2, 0.25) is 0 Å². The first-order valence-electron chi connectivity index (χ1n) is 8.51. The zero-order valence-corrected chi connectivity index (χ0v) is 14.7. The number of fused-ring (bicyclic) bond motifs is 1. The third kappa shape index (κ3) is 2.87. The number of aryl methyl sites for hydroxylation is 1. The molecule has 0 aromatic heterocycles. The van der Waals surface area contributed by atoms with E-state index in [2.05, 4.69) is 0 Å². The Bertz CT molecular complexity index is 892. The summed E-state index contributed by atoms with van der Waals surface area (Å²) < 4.78 is 16.0. The third-order valence-corrected chi connectivity index (χ3v) is 4.89. The molecule has 1 amide bonds. The van der Waals surface area contributed by atoms with Gasteiger partial charge in [-0.25, -0.2) is 0 Å². The molecule has 4 rings (SSSR count). The molecule has 6 nitrogen and oxygen atoms in total. The maximum absolute atomic E-state index is 12.5. The van der Waals surface area contributed by atoms with E-state index in [1.807, 2.05) is 32.0 Å². The van der Waals surface area contributed by atoms with E-state index in [9.17, 15) is 9.59 Å². The first-order valence-corrected chi connectivity index (χ1v) is 8.51. The molecule has 1 saturated heterocycles. The molecule has 2 aliphatic rings. The average molecular weight is 353 g/mol. The number of carbonyl (C=O) groups excluding carboxylic acids is 2. The van der Waals surface area contributed by atoms with Gasteiger partial charge in [0, 0.05) is 24.7 Å².